The van der Waals surface area contributed by atoms with Gasteiger partial charge in [0.1, 0.15) is 11.4 Å². The summed E-state index contributed by atoms with van der Waals surface area (Å²) < 4.78 is 45.7. The highest BCUT2D eigenvalue weighted by molar-refractivity contribution is 5.89. The molecule has 1 saturated carbocycles. The van der Waals surface area contributed by atoms with E-state index in [1.807, 2.05) is 0 Å². The number of aromatic nitrogens is 3. The molecule has 0 radical (unpaired) electrons. The Morgan fingerprint density at radius 2 is 1.86 bits per heavy atom. The SMILES string of the molecule is Cl.O=C1OC2(CCC(CNc3ccc(-c4ccccc4C(F)(F)F)cn3)CC2)CN1c1cccnn1. The molecule has 0 atom stereocenters. The molecule has 190 valence electrons. The van der Waals surface area contributed by atoms with Crippen molar-refractivity contribution in [3.8, 4) is 11.1 Å². The first kappa shape index (κ1) is 25.7. The zero-order valence-electron chi connectivity index (χ0n) is 19.2. The quantitative estimate of drug-likeness (QED) is 0.447. The maximum Gasteiger partial charge on any atom is 0.417 e. The first-order valence-corrected chi connectivity index (χ1v) is 11.5. The monoisotopic (exact) mass is 519 g/mol. The van der Waals surface area contributed by atoms with Gasteiger partial charge < -0.3 is 10.1 Å². The second-order valence-electron chi connectivity index (χ2n) is 9.02. The molecule has 1 N–H and O–H groups in total. The molecule has 1 saturated heterocycles. The molecule has 3 aromatic rings. The normalized spacial score (nSPS) is 21.7. The summed E-state index contributed by atoms with van der Waals surface area (Å²) in [6.45, 7) is 1.15. The Labute approximate surface area is 212 Å². The van der Waals surface area contributed by atoms with Crippen molar-refractivity contribution in [3.05, 3.63) is 66.5 Å². The van der Waals surface area contributed by atoms with E-state index >= 15 is 0 Å². The van der Waals surface area contributed by atoms with E-state index in [2.05, 4.69) is 20.5 Å². The van der Waals surface area contributed by atoms with E-state index in [9.17, 15) is 18.0 Å². The second-order valence-corrected chi connectivity index (χ2v) is 9.02. The van der Waals surface area contributed by atoms with Gasteiger partial charge in [0.05, 0.1) is 12.1 Å². The predicted octanol–water partition coefficient (Wildman–Crippen LogP) is 5.98. The van der Waals surface area contributed by atoms with Gasteiger partial charge in [-0.1, -0.05) is 18.2 Å². The number of rotatable bonds is 5. The third-order valence-corrected chi connectivity index (χ3v) is 6.70. The van der Waals surface area contributed by atoms with Crippen molar-refractivity contribution in [2.75, 3.05) is 23.3 Å². The van der Waals surface area contributed by atoms with Crippen LogP contribution in [-0.2, 0) is 10.9 Å². The number of amides is 1. The number of pyridine rings is 1. The molecule has 0 bridgehead atoms. The molecule has 5 rings (SSSR count). The van der Waals surface area contributed by atoms with Crippen LogP contribution in [0.2, 0.25) is 0 Å². The number of hydrogen-bond donors (Lipinski definition) is 1. The molecule has 1 amide bonds. The Kier molecular flexibility index (Phi) is 7.35. The van der Waals surface area contributed by atoms with E-state index < -0.39 is 23.4 Å². The molecule has 3 heterocycles. The fourth-order valence-electron chi connectivity index (χ4n) is 4.79. The number of hydrogen-bond acceptors (Lipinski definition) is 6. The molecule has 2 aliphatic rings. The van der Waals surface area contributed by atoms with E-state index in [-0.39, 0.29) is 18.0 Å². The summed E-state index contributed by atoms with van der Waals surface area (Å²) in [5.41, 5.74) is -0.655. The van der Waals surface area contributed by atoms with E-state index in [0.717, 1.165) is 31.7 Å². The third-order valence-electron chi connectivity index (χ3n) is 6.70. The molecule has 1 aromatic carbocycles. The Bertz CT molecular complexity index is 1190. The minimum atomic E-state index is -4.43. The molecule has 2 aromatic heterocycles. The van der Waals surface area contributed by atoms with Crippen LogP contribution in [0.25, 0.3) is 11.1 Å². The fraction of sp³-hybridized carbons (Fsp3) is 0.360. The van der Waals surface area contributed by atoms with E-state index in [4.69, 9.17) is 4.74 Å². The van der Waals surface area contributed by atoms with Crippen LogP contribution in [0.4, 0.5) is 29.6 Å². The van der Waals surface area contributed by atoms with Crippen molar-refractivity contribution >= 4 is 30.1 Å². The van der Waals surface area contributed by atoms with Crippen LogP contribution in [0, 0.1) is 5.92 Å². The maximum atomic E-state index is 13.3. The Morgan fingerprint density at radius 3 is 2.53 bits per heavy atom. The van der Waals surface area contributed by atoms with Crippen molar-refractivity contribution in [2.24, 2.45) is 5.92 Å². The zero-order valence-corrected chi connectivity index (χ0v) is 20.1. The average Bonchev–Trinajstić information content (AvgIpc) is 3.19. The van der Waals surface area contributed by atoms with Gasteiger partial charge in [0.2, 0.25) is 0 Å². The third kappa shape index (κ3) is 5.38. The minimum Gasteiger partial charge on any atom is -0.441 e. The number of halogens is 4. The van der Waals surface area contributed by atoms with Crippen molar-refractivity contribution in [1.29, 1.82) is 0 Å². The highest BCUT2D eigenvalue weighted by atomic mass is 35.5. The first-order valence-electron chi connectivity index (χ1n) is 11.5. The topological polar surface area (TPSA) is 80.2 Å². The molecule has 11 heteroatoms. The number of alkyl halides is 3. The lowest BCUT2D eigenvalue weighted by Gasteiger charge is -2.35. The van der Waals surface area contributed by atoms with Gasteiger partial charge in [-0.15, -0.1) is 17.5 Å². The molecular weight excluding hydrogens is 495 g/mol. The van der Waals surface area contributed by atoms with Crippen LogP contribution in [-0.4, -0.2) is 40.0 Å². The highest BCUT2D eigenvalue weighted by Gasteiger charge is 2.48. The average molecular weight is 520 g/mol. The van der Waals surface area contributed by atoms with Crippen molar-refractivity contribution < 1.29 is 22.7 Å². The van der Waals surface area contributed by atoms with Gasteiger partial charge in [-0.05, 0) is 67.5 Å². The Hall–Kier alpha value is -3.40. The second kappa shape index (κ2) is 10.3. The van der Waals surface area contributed by atoms with Gasteiger partial charge in [0.15, 0.2) is 5.82 Å². The maximum absolute atomic E-state index is 13.3. The summed E-state index contributed by atoms with van der Waals surface area (Å²) in [5.74, 6) is 1.47. The van der Waals surface area contributed by atoms with Crippen LogP contribution in [0.1, 0.15) is 31.2 Å². The number of ether oxygens (including phenoxy) is 1. The molecule has 2 fully saturated rings. The fourth-order valence-corrected chi connectivity index (χ4v) is 4.79. The van der Waals surface area contributed by atoms with E-state index in [0.29, 0.717) is 36.2 Å². The molecule has 1 aliphatic carbocycles. The summed E-state index contributed by atoms with van der Waals surface area (Å²) in [4.78, 5) is 18.3. The van der Waals surface area contributed by atoms with Gasteiger partial charge in [-0.3, -0.25) is 4.90 Å². The number of benzene rings is 1. The molecule has 1 spiro atoms. The molecule has 36 heavy (non-hydrogen) atoms. The summed E-state index contributed by atoms with van der Waals surface area (Å²) in [5, 5.41) is 11.1. The summed E-state index contributed by atoms with van der Waals surface area (Å²) >= 11 is 0. The van der Waals surface area contributed by atoms with Gasteiger partial charge >= 0.3 is 12.3 Å². The zero-order chi connectivity index (χ0) is 24.5. The molecular formula is C25H25ClF3N5O2. The first-order chi connectivity index (χ1) is 16.8. The lowest BCUT2D eigenvalue weighted by molar-refractivity contribution is -0.137. The van der Waals surface area contributed by atoms with E-state index in [1.165, 1.54) is 23.2 Å². The Morgan fingerprint density at radius 1 is 1.08 bits per heavy atom. The van der Waals surface area contributed by atoms with Crippen molar-refractivity contribution in [2.45, 2.75) is 37.5 Å². The largest absolute Gasteiger partial charge is 0.441 e. The van der Waals surface area contributed by atoms with Crippen LogP contribution in [0.15, 0.2) is 60.9 Å². The minimum absolute atomic E-state index is 0. The van der Waals surface area contributed by atoms with E-state index in [1.54, 1.807) is 36.5 Å². The van der Waals surface area contributed by atoms with Crippen molar-refractivity contribution in [3.63, 3.8) is 0 Å². The number of carbonyl (C=O) groups excluding carboxylic acids is 1. The van der Waals surface area contributed by atoms with Gasteiger partial charge in [-0.2, -0.15) is 18.3 Å². The Balaban J connectivity index is 0.00000304. The molecule has 1 aliphatic heterocycles. The molecule has 0 unspecified atom stereocenters. The summed E-state index contributed by atoms with van der Waals surface area (Å²) in [6.07, 6.45) is 1.47. The number of nitrogens with zero attached hydrogens (tertiary/aromatic N) is 4. The number of carbonyl (C=O) groups is 1. The smallest absolute Gasteiger partial charge is 0.417 e. The highest BCUT2D eigenvalue weighted by Crippen LogP contribution is 2.40. The van der Waals surface area contributed by atoms with Crippen LogP contribution >= 0.6 is 12.4 Å². The number of nitrogens with one attached hydrogen (secondary N) is 1. The summed E-state index contributed by atoms with van der Waals surface area (Å²) in [6, 6.07) is 12.3. The van der Waals surface area contributed by atoms with Gasteiger partial charge in [0, 0.05) is 24.5 Å². The predicted molar refractivity (Wildman–Crippen MR) is 131 cm³/mol. The van der Waals surface area contributed by atoms with Crippen LogP contribution in [0.5, 0.6) is 0 Å². The lowest BCUT2D eigenvalue weighted by Crippen LogP contribution is -2.39. The summed E-state index contributed by atoms with van der Waals surface area (Å²) in [7, 11) is 0. The molecule has 7 nitrogen and oxygen atoms in total. The van der Waals surface area contributed by atoms with Crippen LogP contribution in [0.3, 0.4) is 0 Å². The standard InChI is InChI=1S/C25H24F3N5O2.ClH/c26-25(27,28)20-5-2-1-4-19(20)18-7-8-21(30-15-18)29-14-17-9-11-24(12-10-17)16-33(23(34)35-24)22-6-3-13-31-32-22;/h1-8,13,15,17H,9-12,14,16H2,(H,29,30);1H. The number of anilines is 2. The van der Waals surface area contributed by atoms with Crippen molar-refractivity contribution in [1.82, 2.24) is 15.2 Å². The lowest BCUT2D eigenvalue weighted by atomic mass is 9.78. The van der Waals surface area contributed by atoms with Gasteiger partial charge in [-0.25, -0.2) is 9.78 Å². The van der Waals surface area contributed by atoms with Crippen LogP contribution < -0.4 is 10.2 Å². The van der Waals surface area contributed by atoms with Gasteiger partial charge in [0.25, 0.3) is 0 Å².